The van der Waals surface area contributed by atoms with Crippen LogP contribution in [-0.4, -0.2) is 65.7 Å². The number of amides is 1. The molecule has 9 heteroatoms. The van der Waals surface area contributed by atoms with Gasteiger partial charge in [-0.3, -0.25) is 9.69 Å². The standard InChI is InChI=1S/C23H31N3O5S/c1-4-25-32(28,29)20-10-5-17(2)21(15-20)23(27)24-16-22(26-11-13-31-14-12-26)18-6-8-19(30-3)9-7-18/h5-10,15,22,25H,4,11-14,16H2,1-3H3,(H,24,27). The summed E-state index contributed by atoms with van der Waals surface area (Å²) in [6.07, 6.45) is 0. The zero-order chi connectivity index (χ0) is 23.1. The second-order valence-electron chi connectivity index (χ2n) is 7.63. The van der Waals surface area contributed by atoms with Crippen LogP contribution in [0.3, 0.4) is 0 Å². The van der Waals surface area contributed by atoms with Crippen LogP contribution < -0.4 is 14.8 Å². The van der Waals surface area contributed by atoms with Gasteiger partial charge in [-0.25, -0.2) is 13.1 Å². The summed E-state index contributed by atoms with van der Waals surface area (Å²) in [7, 11) is -2.02. The molecular weight excluding hydrogens is 430 g/mol. The van der Waals surface area contributed by atoms with Crippen LogP contribution >= 0.6 is 0 Å². The first kappa shape index (κ1) is 24.2. The number of nitrogens with zero attached hydrogens (tertiary/aromatic N) is 1. The molecule has 3 rings (SSSR count). The van der Waals surface area contributed by atoms with Crippen molar-refractivity contribution in [2.75, 3.05) is 46.5 Å². The topological polar surface area (TPSA) is 97.0 Å². The highest BCUT2D eigenvalue weighted by Crippen LogP contribution is 2.24. The Bertz CT molecular complexity index is 1020. The van der Waals surface area contributed by atoms with Gasteiger partial charge in [0, 0.05) is 31.7 Å². The van der Waals surface area contributed by atoms with Gasteiger partial charge in [0.15, 0.2) is 0 Å². The Morgan fingerprint density at radius 1 is 1.16 bits per heavy atom. The summed E-state index contributed by atoms with van der Waals surface area (Å²) < 4.78 is 37.9. The Labute approximate surface area is 190 Å². The maximum atomic E-state index is 13.0. The molecule has 1 heterocycles. The maximum absolute atomic E-state index is 13.0. The van der Waals surface area contributed by atoms with Gasteiger partial charge < -0.3 is 14.8 Å². The lowest BCUT2D eigenvalue weighted by molar-refractivity contribution is 0.0162. The number of rotatable bonds is 9. The minimum atomic E-state index is -3.65. The highest BCUT2D eigenvalue weighted by Gasteiger charge is 2.24. The second-order valence-corrected chi connectivity index (χ2v) is 9.39. The molecule has 0 radical (unpaired) electrons. The van der Waals surface area contributed by atoms with Gasteiger partial charge in [0.2, 0.25) is 10.0 Å². The van der Waals surface area contributed by atoms with Gasteiger partial charge >= 0.3 is 0 Å². The van der Waals surface area contributed by atoms with Gasteiger partial charge in [0.25, 0.3) is 5.91 Å². The van der Waals surface area contributed by atoms with E-state index in [0.29, 0.717) is 30.9 Å². The molecule has 0 saturated carbocycles. The summed E-state index contributed by atoms with van der Waals surface area (Å²) in [5.74, 6) is 0.468. The van der Waals surface area contributed by atoms with Crippen molar-refractivity contribution >= 4 is 15.9 Å². The smallest absolute Gasteiger partial charge is 0.251 e. The zero-order valence-electron chi connectivity index (χ0n) is 18.8. The normalized spacial score (nSPS) is 15.8. The van der Waals surface area contributed by atoms with Crippen LogP contribution in [0.5, 0.6) is 5.75 Å². The highest BCUT2D eigenvalue weighted by molar-refractivity contribution is 7.89. The van der Waals surface area contributed by atoms with Crippen LogP contribution in [0.1, 0.15) is 34.5 Å². The van der Waals surface area contributed by atoms with Crippen molar-refractivity contribution in [1.29, 1.82) is 0 Å². The fourth-order valence-electron chi connectivity index (χ4n) is 3.74. The Kier molecular flexibility index (Phi) is 8.25. The fraction of sp³-hybridized carbons (Fsp3) is 0.435. The van der Waals surface area contributed by atoms with E-state index in [1.54, 1.807) is 27.0 Å². The zero-order valence-corrected chi connectivity index (χ0v) is 19.6. The van der Waals surface area contributed by atoms with E-state index in [-0.39, 0.29) is 23.4 Å². The molecule has 2 aromatic carbocycles. The molecule has 32 heavy (non-hydrogen) atoms. The van der Waals surface area contributed by atoms with E-state index in [0.717, 1.165) is 24.4 Å². The Balaban J connectivity index is 1.80. The molecule has 0 bridgehead atoms. The molecule has 1 saturated heterocycles. The van der Waals surface area contributed by atoms with Crippen LogP contribution in [-0.2, 0) is 14.8 Å². The summed E-state index contributed by atoms with van der Waals surface area (Å²) in [5.41, 5.74) is 2.12. The van der Waals surface area contributed by atoms with E-state index in [4.69, 9.17) is 9.47 Å². The molecule has 1 atom stereocenters. The van der Waals surface area contributed by atoms with Crippen LogP contribution in [0.25, 0.3) is 0 Å². The van der Waals surface area contributed by atoms with E-state index in [1.165, 1.54) is 12.1 Å². The third-order valence-electron chi connectivity index (χ3n) is 5.54. The quantitative estimate of drug-likeness (QED) is 0.594. The number of sulfonamides is 1. The maximum Gasteiger partial charge on any atom is 0.251 e. The van der Waals surface area contributed by atoms with Crippen molar-refractivity contribution in [2.45, 2.75) is 24.8 Å². The van der Waals surface area contributed by atoms with Crippen LogP contribution in [0.15, 0.2) is 47.4 Å². The number of aryl methyl sites for hydroxylation is 1. The van der Waals surface area contributed by atoms with Crippen LogP contribution in [0.4, 0.5) is 0 Å². The molecule has 174 valence electrons. The van der Waals surface area contributed by atoms with E-state index >= 15 is 0 Å². The summed E-state index contributed by atoms with van der Waals surface area (Å²) in [6, 6.07) is 12.4. The third kappa shape index (κ3) is 5.86. The van der Waals surface area contributed by atoms with Crippen molar-refractivity contribution in [3.8, 4) is 5.75 Å². The van der Waals surface area contributed by atoms with Crippen LogP contribution in [0.2, 0.25) is 0 Å². The van der Waals surface area contributed by atoms with Gasteiger partial charge in [-0.15, -0.1) is 0 Å². The number of carbonyl (C=O) groups excluding carboxylic acids is 1. The molecular formula is C23H31N3O5S. The lowest BCUT2D eigenvalue weighted by atomic mass is 10.0. The molecule has 1 unspecified atom stereocenters. The third-order valence-corrected chi connectivity index (χ3v) is 7.08. The van der Waals surface area contributed by atoms with Crippen molar-refractivity contribution in [3.05, 3.63) is 59.2 Å². The number of morpholine rings is 1. The van der Waals surface area contributed by atoms with Gasteiger partial charge in [0.05, 0.1) is 31.3 Å². The lowest BCUT2D eigenvalue weighted by Crippen LogP contribution is -2.43. The van der Waals surface area contributed by atoms with Crippen molar-refractivity contribution in [1.82, 2.24) is 14.9 Å². The number of carbonyl (C=O) groups is 1. The molecule has 1 amide bonds. The minimum Gasteiger partial charge on any atom is -0.497 e. The number of methoxy groups -OCH3 is 1. The second kappa shape index (κ2) is 10.9. The largest absolute Gasteiger partial charge is 0.497 e. The average molecular weight is 462 g/mol. The highest BCUT2D eigenvalue weighted by atomic mass is 32.2. The Hall–Kier alpha value is -2.46. The van der Waals surface area contributed by atoms with E-state index in [2.05, 4.69) is 14.9 Å². The number of hydrogen-bond acceptors (Lipinski definition) is 6. The molecule has 0 spiro atoms. The molecule has 2 aromatic rings. The predicted molar refractivity (Wildman–Crippen MR) is 123 cm³/mol. The van der Waals surface area contributed by atoms with Crippen LogP contribution in [0, 0.1) is 6.92 Å². The van der Waals surface area contributed by atoms with Crippen molar-refractivity contribution in [3.63, 3.8) is 0 Å². The fourth-order valence-corrected chi connectivity index (χ4v) is 4.81. The Morgan fingerprint density at radius 2 is 1.84 bits per heavy atom. The summed E-state index contributed by atoms with van der Waals surface area (Å²) in [6.45, 7) is 6.99. The first-order valence-corrected chi connectivity index (χ1v) is 12.2. The van der Waals surface area contributed by atoms with E-state index < -0.39 is 10.0 Å². The summed E-state index contributed by atoms with van der Waals surface area (Å²) in [4.78, 5) is 15.4. The lowest BCUT2D eigenvalue weighted by Gasteiger charge is -2.35. The summed E-state index contributed by atoms with van der Waals surface area (Å²) >= 11 is 0. The van der Waals surface area contributed by atoms with Gasteiger partial charge in [-0.1, -0.05) is 25.1 Å². The number of ether oxygens (including phenoxy) is 2. The first-order chi connectivity index (χ1) is 15.4. The van der Waals surface area contributed by atoms with Gasteiger partial charge in [-0.2, -0.15) is 0 Å². The Morgan fingerprint density at radius 3 is 2.47 bits per heavy atom. The molecule has 0 aliphatic carbocycles. The average Bonchev–Trinajstić information content (AvgIpc) is 2.80. The SMILES string of the molecule is CCNS(=O)(=O)c1ccc(C)c(C(=O)NCC(c2ccc(OC)cc2)N2CCOCC2)c1. The number of benzene rings is 2. The summed E-state index contributed by atoms with van der Waals surface area (Å²) in [5, 5.41) is 3.01. The van der Waals surface area contributed by atoms with Crippen molar-refractivity contribution in [2.24, 2.45) is 0 Å². The minimum absolute atomic E-state index is 0.0391. The van der Waals surface area contributed by atoms with Gasteiger partial charge in [-0.05, 0) is 42.3 Å². The molecule has 2 N–H and O–H groups in total. The first-order valence-electron chi connectivity index (χ1n) is 10.7. The van der Waals surface area contributed by atoms with E-state index in [1.807, 2.05) is 24.3 Å². The molecule has 8 nitrogen and oxygen atoms in total. The monoisotopic (exact) mass is 461 g/mol. The molecule has 0 aromatic heterocycles. The molecule has 1 fully saturated rings. The molecule has 1 aliphatic rings. The number of hydrogen-bond donors (Lipinski definition) is 2. The number of nitrogens with one attached hydrogen (secondary N) is 2. The van der Waals surface area contributed by atoms with Crippen molar-refractivity contribution < 1.29 is 22.7 Å². The predicted octanol–water partition coefficient (Wildman–Crippen LogP) is 2.11. The van der Waals surface area contributed by atoms with Gasteiger partial charge in [0.1, 0.15) is 5.75 Å². The molecule has 1 aliphatic heterocycles. The van der Waals surface area contributed by atoms with E-state index in [9.17, 15) is 13.2 Å².